The summed E-state index contributed by atoms with van der Waals surface area (Å²) < 4.78 is 128. The van der Waals surface area contributed by atoms with Gasteiger partial charge in [-0.15, -0.1) is 23.2 Å². The van der Waals surface area contributed by atoms with Gasteiger partial charge in [0.2, 0.25) is 0 Å². The van der Waals surface area contributed by atoms with Gasteiger partial charge in [0.15, 0.2) is 0 Å². The lowest BCUT2D eigenvalue weighted by Gasteiger charge is -2.30. The van der Waals surface area contributed by atoms with Crippen molar-refractivity contribution in [2.24, 2.45) is 0 Å². The molecule has 0 spiro atoms. The Morgan fingerprint density at radius 1 is 0.593 bits per heavy atom. The molecule has 0 aromatic carbocycles. The minimum atomic E-state index is -5.85. The molecule has 0 rings (SSSR count). The second kappa shape index (κ2) is 10.8. The van der Waals surface area contributed by atoms with Crippen molar-refractivity contribution in [3.05, 3.63) is 0 Å². The molecule has 0 N–H and O–H groups in total. The third-order valence-corrected chi connectivity index (χ3v) is 5.61. The number of hydrogen-bond donors (Lipinski definition) is 0. The molecule has 0 nitrogen and oxygen atoms in total. The van der Waals surface area contributed by atoms with Gasteiger partial charge in [-0.2, -0.15) is 55.7 Å². The number of rotatable bonds is 12. The summed E-state index contributed by atoms with van der Waals surface area (Å²) in [5, 5.41) is -2.99. The molecule has 0 aliphatic carbocycles. The summed E-state index contributed by atoms with van der Waals surface area (Å²) in [6, 6.07) is 0. The molecule has 0 aromatic rings. The first-order chi connectivity index (χ1) is 12.1. The van der Waals surface area contributed by atoms with Gasteiger partial charge in [-0.05, 0) is 25.7 Å². The summed E-state index contributed by atoms with van der Waals surface area (Å²) in [4.78, 5) is 0. The number of alkyl halides is 12. The van der Waals surface area contributed by atoms with Gasteiger partial charge < -0.3 is 0 Å². The van der Waals surface area contributed by atoms with Crippen molar-refractivity contribution < 1.29 is 43.9 Å². The lowest BCUT2D eigenvalue weighted by Crippen LogP contribution is -2.41. The molecule has 0 bridgehead atoms. The van der Waals surface area contributed by atoms with E-state index in [1.54, 1.807) is 0 Å². The molecule has 0 heterocycles. The lowest BCUT2D eigenvalue weighted by molar-refractivity contribution is -0.284. The summed E-state index contributed by atoms with van der Waals surface area (Å²) in [5.41, 5.74) is 0. The van der Waals surface area contributed by atoms with Crippen LogP contribution in [0.5, 0.6) is 0 Å². The summed E-state index contributed by atoms with van der Waals surface area (Å²) in [7, 11) is 0. The van der Waals surface area contributed by atoms with Crippen LogP contribution in [0.25, 0.3) is 0 Å². The van der Waals surface area contributed by atoms with E-state index in [1.165, 1.54) is 0 Å². The second-order valence-electron chi connectivity index (χ2n) is 5.86. The van der Waals surface area contributed by atoms with Crippen LogP contribution in [0.3, 0.4) is 0 Å². The Bertz CT molecular complexity index is 387. The third kappa shape index (κ3) is 9.51. The van der Waals surface area contributed by atoms with E-state index < -0.39 is 47.5 Å². The van der Waals surface area contributed by atoms with Crippen LogP contribution in [0, 0.1) is 0 Å². The summed E-state index contributed by atoms with van der Waals surface area (Å²) in [6.07, 6.45) is -15.7. The predicted molar refractivity (Wildman–Crippen MR) is 86.3 cm³/mol. The molecule has 27 heavy (non-hydrogen) atoms. The lowest BCUT2D eigenvalue weighted by atomic mass is 10.1. The minimum Gasteiger partial charge on any atom is -0.196 e. The van der Waals surface area contributed by atoms with Gasteiger partial charge in [-0.25, -0.2) is 0 Å². The smallest absolute Gasteiger partial charge is 0.196 e. The van der Waals surface area contributed by atoms with Crippen molar-refractivity contribution >= 4 is 35.0 Å². The fourth-order valence-electron chi connectivity index (χ4n) is 2.12. The van der Waals surface area contributed by atoms with Gasteiger partial charge in [-0.3, -0.25) is 0 Å². The van der Waals surface area contributed by atoms with Crippen LogP contribution < -0.4 is 0 Å². The fraction of sp³-hybridized carbons (Fsp3) is 1.00. The Kier molecular flexibility index (Phi) is 10.9. The highest BCUT2D eigenvalue weighted by molar-refractivity contribution is 8.00. The summed E-state index contributed by atoms with van der Waals surface area (Å²) in [6.45, 7) is 0. The Morgan fingerprint density at radius 2 is 0.889 bits per heavy atom. The number of hydrogen-bond acceptors (Lipinski definition) is 1. The van der Waals surface area contributed by atoms with E-state index in [0.29, 0.717) is 0 Å². The molecular weight excluding hydrogens is 461 g/mol. The zero-order valence-corrected chi connectivity index (χ0v) is 16.1. The maximum atomic E-state index is 13.3. The average molecular weight is 479 g/mol. The average Bonchev–Trinajstić information content (AvgIpc) is 2.47. The van der Waals surface area contributed by atoms with E-state index in [2.05, 4.69) is 0 Å². The first-order valence-corrected chi connectivity index (χ1v) is 9.75. The minimum absolute atomic E-state index is 0.00501. The molecule has 0 aromatic heterocycles. The molecule has 0 aliphatic heterocycles. The van der Waals surface area contributed by atoms with E-state index in [4.69, 9.17) is 23.2 Å². The van der Waals surface area contributed by atoms with Gasteiger partial charge in [0.25, 0.3) is 0 Å². The van der Waals surface area contributed by atoms with Crippen LogP contribution in [0.2, 0.25) is 0 Å². The first-order valence-electron chi connectivity index (χ1n) is 7.74. The zero-order chi connectivity index (χ0) is 21.5. The summed E-state index contributed by atoms with van der Waals surface area (Å²) in [5.74, 6) is -10.4. The molecule has 0 radical (unpaired) electrons. The predicted octanol–water partition coefficient (Wildman–Crippen LogP) is 7.67. The van der Waals surface area contributed by atoms with Crippen molar-refractivity contribution in [1.82, 2.24) is 0 Å². The van der Waals surface area contributed by atoms with E-state index >= 15 is 0 Å². The monoisotopic (exact) mass is 478 g/mol. The molecular formula is C14H18Cl2F10S. The van der Waals surface area contributed by atoms with Crippen LogP contribution in [0.1, 0.15) is 38.5 Å². The van der Waals surface area contributed by atoms with Gasteiger partial charge in [0.05, 0.1) is 0 Å². The van der Waals surface area contributed by atoms with Crippen LogP contribution in [-0.2, 0) is 0 Å². The molecule has 13 heteroatoms. The highest BCUT2D eigenvalue weighted by Gasteiger charge is 2.59. The molecule has 0 fully saturated rings. The van der Waals surface area contributed by atoms with Crippen LogP contribution >= 0.6 is 35.0 Å². The normalized spacial score (nSPS) is 16.4. The van der Waals surface area contributed by atoms with E-state index in [-0.39, 0.29) is 49.2 Å². The largest absolute Gasteiger partial charge is 0.453 e. The third-order valence-electron chi connectivity index (χ3n) is 3.50. The Balaban J connectivity index is 5.35. The molecule has 0 saturated heterocycles. The maximum absolute atomic E-state index is 13.3. The Hall–Kier alpha value is 0.230. The van der Waals surface area contributed by atoms with Crippen molar-refractivity contribution in [2.75, 3.05) is 11.8 Å². The quantitative estimate of drug-likeness (QED) is 0.205. The van der Waals surface area contributed by atoms with Gasteiger partial charge in [-0.1, -0.05) is 0 Å². The molecule has 164 valence electrons. The van der Waals surface area contributed by atoms with Crippen molar-refractivity contribution in [3.8, 4) is 0 Å². The Labute approximate surface area is 164 Å². The molecule has 2 unspecified atom stereocenters. The maximum Gasteiger partial charge on any atom is 0.453 e. The van der Waals surface area contributed by atoms with Crippen molar-refractivity contribution in [2.45, 2.75) is 73.2 Å². The molecule has 0 aliphatic rings. The molecule has 0 amide bonds. The fourth-order valence-corrected chi connectivity index (χ4v) is 4.19. The first kappa shape index (κ1) is 27.2. The standard InChI is InChI=1S/C14H18Cl2F10S/c15-5-1-3-9(7-11(17,18)13(21,22)23)27-10(4-2-6-16)8-12(19,20)14(24,25)26/h9-10H,1-8H2. The highest BCUT2D eigenvalue weighted by Crippen LogP contribution is 2.46. The van der Waals surface area contributed by atoms with Crippen molar-refractivity contribution in [1.29, 1.82) is 0 Å². The topological polar surface area (TPSA) is 0 Å². The molecule has 0 saturated carbocycles. The van der Waals surface area contributed by atoms with E-state index in [9.17, 15) is 43.9 Å². The SMILES string of the molecule is FC(F)(F)C(F)(F)CC(CCCCl)SC(CCCCl)CC(F)(F)C(F)(F)F. The summed E-state index contributed by atoms with van der Waals surface area (Å²) >= 11 is 11.1. The number of halogens is 12. The zero-order valence-electron chi connectivity index (χ0n) is 13.8. The highest BCUT2D eigenvalue weighted by atomic mass is 35.5. The van der Waals surface area contributed by atoms with Crippen LogP contribution in [0.4, 0.5) is 43.9 Å². The van der Waals surface area contributed by atoms with E-state index in [0.717, 1.165) is 0 Å². The van der Waals surface area contributed by atoms with Crippen molar-refractivity contribution in [3.63, 3.8) is 0 Å². The molecule has 2 atom stereocenters. The van der Waals surface area contributed by atoms with Gasteiger partial charge in [0.1, 0.15) is 0 Å². The van der Waals surface area contributed by atoms with Crippen LogP contribution in [0.15, 0.2) is 0 Å². The Morgan fingerprint density at radius 3 is 1.11 bits per heavy atom. The van der Waals surface area contributed by atoms with Crippen LogP contribution in [-0.4, -0.2) is 46.5 Å². The van der Waals surface area contributed by atoms with Gasteiger partial charge in [0, 0.05) is 35.1 Å². The number of thioether (sulfide) groups is 1. The van der Waals surface area contributed by atoms with E-state index in [1.807, 2.05) is 0 Å². The van der Waals surface area contributed by atoms with Gasteiger partial charge >= 0.3 is 24.2 Å². The second-order valence-corrected chi connectivity index (χ2v) is 8.22.